The zero-order valence-corrected chi connectivity index (χ0v) is 18.7. The summed E-state index contributed by atoms with van der Waals surface area (Å²) >= 11 is 1.38. The predicted octanol–water partition coefficient (Wildman–Crippen LogP) is 3.71. The highest BCUT2D eigenvalue weighted by atomic mass is 32.2. The van der Waals surface area contributed by atoms with Gasteiger partial charge in [0.2, 0.25) is 11.8 Å². The third kappa shape index (κ3) is 6.89. The van der Waals surface area contributed by atoms with E-state index >= 15 is 0 Å². The van der Waals surface area contributed by atoms with E-state index < -0.39 is 0 Å². The Morgan fingerprint density at radius 2 is 1.80 bits per heavy atom. The number of anilines is 1. The molecule has 30 heavy (non-hydrogen) atoms. The van der Waals surface area contributed by atoms with Crippen LogP contribution in [0.3, 0.4) is 0 Å². The number of carbonyl (C=O) groups excluding carboxylic acids is 2. The first-order chi connectivity index (χ1) is 14.5. The second-order valence-corrected chi connectivity index (χ2v) is 8.83. The lowest BCUT2D eigenvalue weighted by Gasteiger charge is -2.22. The Hall–Kier alpha value is -2.31. The minimum Gasteiger partial charge on any atom is -0.341 e. The van der Waals surface area contributed by atoms with Crippen LogP contribution in [0.25, 0.3) is 0 Å². The van der Waals surface area contributed by atoms with Gasteiger partial charge in [-0.15, -0.1) is 11.8 Å². The van der Waals surface area contributed by atoms with Crippen molar-refractivity contribution in [2.45, 2.75) is 26.8 Å². The summed E-state index contributed by atoms with van der Waals surface area (Å²) in [7, 11) is 0. The van der Waals surface area contributed by atoms with Crippen LogP contribution in [0.4, 0.5) is 5.69 Å². The molecule has 3 rings (SSSR count). The molecule has 1 N–H and O–H groups in total. The third-order valence-corrected chi connectivity index (χ3v) is 6.27. The van der Waals surface area contributed by atoms with Crippen LogP contribution in [-0.2, 0) is 16.1 Å². The normalized spacial score (nSPS) is 14.9. The number of amides is 2. The monoisotopic (exact) mass is 425 g/mol. The van der Waals surface area contributed by atoms with Gasteiger partial charge < -0.3 is 10.2 Å². The lowest BCUT2D eigenvalue weighted by molar-refractivity contribution is -0.128. The average molecular weight is 426 g/mol. The van der Waals surface area contributed by atoms with Crippen LogP contribution >= 0.6 is 11.8 Å². The molecule has 2 aromatic carbocycles. The molecule has 1 fully saturated rings. The van der Waals surface area contributed by atoms with Gasteiger partial charge in [-0.3, -0.25) is 14.5 Å². The van der Waals surface area contributed by atoms with Crippen LogP contribution in [0.2, 0.25) is 0 Å². The first-order valence-corrected chi connectivity index (χ1v) is 11.7. The number of rotatable bonds is 7. The largest absolute Gasteiger partial charge is 0.341 e. The quantitative estimate of drug-likeness (QED) is 0.735. The van der Waals surface area contributed by atoms with E-state index in [4.69, 9.17) is 0 Å². The predicted molar refractivity (Wildman–Crippen MR) is 125 cm³/mol. The SMILES string of the molecule is Cc1cccc(NC(=O)CSCC(=O)N2CCCN(Cc3ccccc3C)CC2)c1. The molecule has 1 aliphatic rings. The van der Waals surface area contributed by atoms with Crippen molar-refractivity contribution >= 4 is 29.3 Å². The summed E-state index contributed by atoms with van der Waals surface area (Å²) in [4.78, 5) is 29.1. The van der Waals surface area contributed by atoms with Gasteiger partial charge in [-0.05, 0) is 49.1 Å². The van der Waals surface area contributed by atoms with E-state index in [-0.39, 0.29) is 17.6 Å². The number of aryl methyl sites for hydroxylation is 2. The number of nitrogens with one attached hydrogen (secondary N) is 1. The molecule has 0 bridgehead atoms. The minimum atomic E-state index is -0.0707. The number of carbonyl (C=O) groups is 2. The van der Waals surface area contributed by atoms with E-state index in [0.29, 0.717) is 5.75 Å². The molecular formula is C24H31N3O2S. The van der Waals surface area contributed by atoms with E-state index in [1.54, 1.807) is 0 Å². The lowest BCUT2D eigenvalue weighted by atomic mass is 10.1. The van der Waals surface area contributed by atoms with Crippen molar-refractivity contribution in [3.8, 4) is 0 Å². The summed E-state index contributed by atoms with van der Waals surface area (Å²) in [6, 6.07) is 16.2. The Labute approximate surface area is 183 Å². The van der Waals surface area contributed by atoms with Crippen LogP contribution in [0, 0.1) is 13.8 Å². The summed E-state index contributed by atoms with van der Waals surface area (Å²) < 4.78 is 0. The van der Waals surface area contributed by atoms with Crippen LogP contribution in [0.15, 0.2) is 48.5 Å². The molecule has 0 saturated carbocycles. The number of benzene rings is 2. The van der Waals surface area contributed by atoms with Crippen LogP contribution < -0.4 is 5.32 Å². The average Bonchev–Trinajstić information content (AvgIpc) is 2.95. The van der Waals surface area contributed by atoms with E-state index in [1.165, 1.54) is 22.9 Å². The van der Waals surface area contributed by atoms with Crippen molar-refractivity contribution in [2.75, 3.05) is 43.0 Å². The molecular weight excluding hydrogens is 394 g/mol. The van der Waals surface area contributed by atoms with Gasteiger partial charge in [0.15, 0.2) is 0 Å². The number of nitrogens with zero attached hydrogens (tertiary/aromatic N) is 2. The Morgan fingerprint density at radius 3 is 2.60 bits per heavy atom. The molecule has 0 spiro atoms. The van der Waals surface area contributed by atoms with E-state index in [9.17, 15) is 9.59 Å². The van der Waals surface area contributed by atoms with Crippen molar-refractivity contribution in [3.63, 3.8) is 0 Å². The van der Waals surface area contributed by atoms with Crippen LogP contribution in [-0.4, -0.2) is 59.3 Å². The topological polar surface area (TPSA) is 52.7 Å². The highest BCUT2D eigenvalue weighted by Crippen LogP contribution is 2.14. The standard InChI is InChI=1S/C24H31N3O2S/c1-19-7-5-10-22(15-19)25-23(28)17-30-18-24(29)27-12-6-11-26(13-14-27)16-21-9-4-3-8-20(21)2/h3-5,7-10,15H,6,11-14,16-18H2,1-2H3,(H,25,28). The maximum Gasteiger partial charge on any atom is 0.234 e. The number of hydrogen-bond acceptors (Lipinski definition) is 4. The number of thioether (sulfide) groups is 1. The van der Waals surface area contributed by atoms with Crippen molar-refractivity contribution in [2.24, 2.45) is 0 Å². The molecule has 1 aliphatic heterocycles. The van der Waals surface area contributed by atoms with Gasteiger partial charge in [0, 0.05) is 38.4 Å². The van der Waals surface area contributed by atoms with E-state index in [2.05, 4.69) is 41.4 Å². The summed E-state index contributed by atoms with van der Waals surface area (Å²) in [6.45, 7) is 8.51. The first kappa shape index (κ1) is 22.4. The van der Waals surface area contributed by atoms with Crippen molar-refractivity contribution in [1.82, 2.24) is 9.80 Å². The van der Waals surface area contributed by atoms with Gasteiger partial charge in [-0.25, -0.2) is 0 Å². The Morgan fingerprint density at radius 1 is 0.967 bits per heavy atom. The molecule has 0 aliphatic carbocycles. The highest BCUT2D eigenvalue weighted by molar-refractivity contribution is 8.00. The maximum atomic E-state index is 12.6. The van der Waals surface area contributed by atoms with E-state index in [1.807, 2.05) is 36.1 Å². The molecule has 1 saturated heterocycles. The summed E-state index contributed by atoms with van der Waals surface area (Å²) in [5.74, 6) is 0.686. The summed E-state index contributed by atoms with van der Waals surface area (Å²) in [5, 5.41) is 2.89. The summed E-state index contributed by atoms with van der Waals surface area (Å²) in [6.07, 6.45) is 0.982. The molecule has 0 radical (unpaired) electrons. The van der Waals surface area contributed by atoms with Crippen LogP contribution in [0.1, 0.15) is 23.1 Å². The molecule has 5 nitrogen and oxygen atoms in total. The Bertz CT molecular complexity index is 871. The number of hydrogen-bond donors (Lipinski definition) is 1. The smallest absolute Gasteiger partial charge is 0.234 e. The fourth-order valence-corrected chi connectivity index (χ4v) is 4.37. The first-order valence-electron chi connectivity index (χ1n) is 10.5. The second-order valence-electron chi connectivity index (χ2n) is 7.85. The van der Waals surface area contributed by atoms with E-state index in [0.717, 1.165) is 50.4 Å². The molecule has 2 aromatic rings. The zero-order valence-electron chi connectivity index (χ0n) is 17.9. The fourth-order valence-electron chi connectivity index (χ4n) is 3.65. The Balaban J connectivity index is 1.39. The highest BCUT2D eigenvalue weighted by Gasteiger charge is 2.19. The fraction of sp³-hybridized carbons (Fsp3) is 0.417. The second kappa shape index (κ2) is 11.2. The van der Waals surface area contributed by atoms with Gasteiger partial charge in [0.05, 0.1) is 11.5 Å². The Kier molecular flexibility index (Phi) is 8.34. The van der Waals surface area contributed by atoms with Crippen LogP contribution in [0.5, 0.6) is 0 Å². The lowest BCUT2D eigenvalue weighted by Crippen LogP contribution is -2.36. The molecule has 2 amide bonds. The molecule has 6 heteroatoms. The van der Waals surface area contributed by atoms with Gasteiger partial charge >= 0.3 is 0 Å². The van der Waals surface area contributed by atoms with Crippen molar-refractivity contribution in [3.05, 3.63) is 65.2 Å². The molecule has 160 valence electrons. The maximum absolute atomic E-state index is 12.6. The van der Waals surface area contributed by atoms with Crippen molar-refractivity contribution in [1.29, 1.82) is 0 Å². The van der Waals surface area contributed by atoms with Gasteiger partial charge in [0.25, 0.3) is 0 Å². The van der Waals surface area contributed by atoms with Gasteiger partial charge in [0.1, 0.15) is 0 Å². The molecule has 0 aromatic heterocycles. The van der Waals surface area contributed by atoms with Gasteiger partial charge in [-0.2, -0.15) is 0 Å². The molecule has 0 atom stereocenters. The third-order valence-electron chi connectivity index (χ3n) is 5.36. The van der Waals surface area contributed by atoms with Crippen molar-refractivity contribution < 1.29 is 9.59 Å². The molecule has 1 heterocycles. The minimum absolute atomic E-state index is 0.0707. The van der Waals surface area contributed by atoms with Gasteiger partial charge in [-0.1, -0.05) is 36.4 Å². The summed E-state index contributed by atoms with van der Waals surface area (Å²) in [5.41, 5.74) is 4.57. The molecule has 0 unspecified atom stereocenters. The zero-order chi connectivity index (χ0) is 21.3.